The summed E-state index contributed by atoms with van der Waals surface area (Å²) in [7, 11) is -3.07. The molecule has 0 bridgehead atoms. The third-order valence-corrected chi connectivity index (χ3v) is 5.91. The molecule has 0 rings (SSSR count). The van der Waals surface area contributed by atoms with E-state index in [1.54, 1.807) is 0 Å². The second-order valence-electron chi connectivity index (χ2n) is 2.20. The van der Waals surface area contributed by atoms with Gasteiger partial charge in [0.05, 0.1) is 4.87 Å². The maximum absolute atomic E-state index is 9.85. The van der Waals surface area contributed by atoms with Crippen molar-refractivity contribution in [1.82, 2.24) is 0 Å². The lowest BCUT2D eigenvalue weighted by molar-refractivity contribution is 0.108. The largest absolute Gasteiger partial charge is 0.512 e. The van der Waals surface area contributed by atoms with E-state index in [0.29, 0.717) is 19.0 Å². The summed E-state index contributed by atoms with van der Waals surface area (Å²) in [6.07, 6.45) is 0. The predicted molar refractivity (Wildman–Crippen MR) is 57.9 cm³/mol. The van der Waals surface area contributed by atoms with Gasteiger partial charge in [-0.2, -0.15) is 25.3 Å². The fraction of sp³-hybridized carbons (Fsp3) is 1.00. The first-order chi connectivity index (χ1) is 5.60. The van der Waals surface area contributed by atoms with Gasteiger partial charge in [-0.3, -0.25) is 0 Å². The highest BCUT2D eigenvalue weighted by Crippen LogP contribution is 2.15. The van der Waals surface area contributed by atoms with Crippen molar-refractivity contribution in [3.8, 4) is 0 Å². The lowest BCUT2D eigenvalue weighted by Gasteiger charge is -2.26. The molecule has 0 aliphatic heterocycles. The number of rotatable bonds is 6. The minimum Gasteiger partial charge on any atom is -0.389 e. The molecule has 0 fully saturated rings. The molecule has 0 aromatic carbocycles. The molecule has 0 aliphatic rings. The van der Waals surface area contributed by atoms with Crippen LogP contribution in [0.3, 0.4) is 0 Å². The number of hydrogen-bond donors (Lipinski definition) is 3. The molecule has 1 N–H and O–H groups in total. The molecule has 3 nitrogen and oxygen atoms in total. The van der Waals surface area contributed by atoms with E-state index >= 15 is 0 Å². The van der Waals surface area contributed by atoms with Crippen LogP contribution in [0, 0.1) is 0 Å². The zero-order chi connectivity index (χ0) is 9.61. The smallest absolute Gasteiger partial charge is 0.389 e. The Balaban J connectivity index is 4.15. The average molecular weight is 228 g/mol. The van der Waals surface area contributed by atoms with Crippen molar-refractivity contribution in [2.45, 2.75) is 18.7 Å². The van der Waals surface area contributed by atoms with Crippen LogP contribution in [0.15, 0.2) is 0 Å². The van der Waals surface area contributed by atoms with E-state index in [9.17, 15) is 4.80 Å². The van der Waals surface area contributed by atoms with Crippen LogP contribution in [0.1, 0.15) is 13.8 Å². The van der Waals surface area contributed by atoms with Gasteiger partial charge in [-0.1, -0.05) is 0 Å². The maximum Gasteiger partial charge on any atom is 0.512 e. The van der Waals surface area contributed by atoms with Crippen LogP contribution in [0.4, 0.5) is 0 Å². The minimum atomic E-state index is -3.07. The summed E-state index contributed by atoms with van der Waals surface area (Å²) < 4.78 is 10.3. The maximum atomic E-state index is 9.85. The van der Waals surface area contributed by atoms with Gasteiger partial charge in [0, 0.05) is 19.0 Å². The SMILES string of the molecule is CCO[Si](O)(OCC)C(S)CS. The molecule has 0 radical (unpaired) electrons. The Labute approximate surface area is 85.6 Å². The Hall–Kier alpha value is 0.797. The first-order valence-corrected chi connectivity index (χ1v) is 6.88. The van der Waals surface area contributed by atoms with Gasteiger partial charge in [0.2, 0.25) is 0 Å². The second-order valence-corrected chi connectivity index (χ2v) is 6.21. The zero-order valence-electron chi connectivity index (χ0n) is 7.36. The summed E-state index contributed by atoms with van der Waals surface area (Å²) in [6.45, 7) is 4.51. The van der Waals surface area contributed by atoms with E-state index in [1.165, 1.54) is 0 Å². The second kappa shape index (κ2) is 6.28. The van der Waals surface area contributed by atoms with Gasteiger partial charge in [0.15, 0.2) is 0 Å². The molecule has 0 saturated carbocycles. The van der Waals surface area contributed by atoms with E-state index in [-0.39, 0.29) is 4.87 Å². The van der Waals surface area contributed by atoms with Crippen molar-refractivity contribution in [3.63, 3.8) is 0 Å². The molecule has 0 aliphatic carbocycles. The number of hydrogen-bond acceptors (Lipinski definition) is 5. The summed E-state index contributed by atoms with van der Waals surface area (Å²) in [5, 5.41) is 0. The number of thiol groups is 2. The molecule has 74 valence electrons. The van der Waals surface area contributed by atoms with Crippen LogP contribution in [0.5, 0.6) is 0 Å². The van der Waals surface area contributed by atoms with Crippen molar-refractivity contribution in [3.05, 3.63) is 0 Å². The fourth-order valence-electron chi connectivity index (χ4n) is 0.763. The molecule has 1 unspecified atom stereocenters. The first-order valence-electron chi connectivity index (χ1n) is 3.89. The molecule has 12 heavy (non-hydrogen) atoms. The van der Waals surface area contributed by atoms with Crippen molar-refractivity contribution >= 4 is 34.1 Å². The highest BCUT2D eigenvalue weighted by molar-refractivity contribution is 7.86. The molecule has 0 aromatic heterocycles. The van der Waals surface area contributed by atoms with Gasteiger partial charge in [-0.15, -0.1) is 0 Å². The molecule has 0 aromatic rings. The zero-order valence-corrected chi connectivity index (χ0v) is 10.1. The standard InChI is InChI=1S/C6H16O3S2Si/c1-3-8-12(7,9-4-2)6(11)5-10/h6-7,10-11H,3-5H2,1-2H3. The average Bonchev–Trinajstić information content (AvgIpc) is 2.04. The highest BCUT2D eigenvalue weighted by Gasteiger charge is 2.43. The van der Waals surface area contributed by atoms with Gasteiger partial charge < -0.3 is 13.6 Å². The molecule has 0 amide bonds. The Morgan fingerprint density at radius 1 is 1.33 bits per heavy atom. The van der Waals surface area contributed by atoms with Crippen LogP contribution < -0.4 is 0 Å². The molecule has 0 heterocycles. The van der Waals surface area contributed by atoms with Crippen LogP contribution in [-0.4, -0.2) is 37.4 Å². The molecule has 0 spiro atoms. The molecular formula is C6H16O3S2Si. The van der Waals surface area contributed by atoms with Gasteiger partial charge in [-0.25, -0.2) is 0 Å². The molecule has 0 saturated heterocycles. The lowest BCUT2D eigenvalue weighted by Crippen LogP contribution is -2.52. The summed E-state index contributed by atoms with van der Waals surface area (Å²) in [5.74, 6) is 0.450. The molecule has 1 atom stereocenters. The van der Waals surface area contributed by atoms with Gasteiger partial charge in [0.1, 0.15) is 0 Å². The summed E-state index contributed by atoms with van der Waals surface area (Å²) >= 11 is 8.20. The van der Waals surface area contributed by atoms with Gasteiger partial charge in [0.25, 0.3) is 0 Å². The fourth-order valence-corrected chi connectivity index (χ4v) is 3.43. The summed E-state index contributed by atoms with van der Waals surface area (Å²) in [6, 6.07) is 0. The third-order valence-electron chi connectivity index (χ3n) is 1.30. The normalized spacial score (nSPS) is 14.8. The van der Waals surface area contributed by atoms with Crippen LogP contribution >= 0.6 is 25.3 Å². The minimum absolute atomic E-state index is 0.305. The van der Waals surface area contributed by atoms with Crippen molar-refractivity contribution in [2.75, 3.05) is 19.0 Å². The van der Waals surface area contributed by atoms with Crippen LogP contribution in [-0.2, 0) is 8.85 Å². The van der Waals surface area contributed by atoms with E-state index in [1.807, 2.05) is 13.8 Å². The van der Waals surface area contributed by atoms with Gasteiger partial charge in [-0.05, 0) is 13.8 Å². The van der Waals surface area contributed by atoms with E-state index in [2.05, 4.69) is 25.3 Å². The summed E-state index contributed by atoms with van der Waals surface area (Å²) in [4.78, 5) is 9.54. The quantitative estimate of drug-likeness (QED) is 0.464. The van der Waals surface area contributed by atoms with Crippen LogP contribution in [0.2, 0.25) is 0 Å². The van der Waals surface area contributed by atoms with E-state index in [0.717, 1.165) is 0 Å². The monoisotopic (exact) mass is 228 g/mol. The Morgan fingerprint density at radius 3 is 2.00 bits per heavy atom. The topological polar surface area (TPSA) is 38.7 Å². The third kappa shape index (κ3) is 3.67. The van der Waals surface area contributed by atoms with Crippen molar-refractivity contribution < 1.29 is 13.6 Å². The Bertz CT molecular complexity index is 119. The lowest BCUT2D eigenvalue weighted by atomic mass is 10.9. The van der Waals surface area contributed by atoms with Crippen molar-refractivity contribution in [2.24, 2.45) is 0 Å². The molecule has 6 heteroatoms. The van der Waals surface area contributed by atoms with Gasteiger partial charge >= 0.3 is 8.80 Å². The van der Waals surface area contributed by atoms with E-state index < -0.39 is 8.80 Å². The highest BCUT2D eigenvalue weighted by atomic mass is 32.1. The van der Waals surface area contributed by atoms with E-state index in [4.69, 9.17) is 8.85 Å². The summed E-state index contributed by atoms with van der Waals surface area (Å²) in [5.41, 5.74) is 0. The van der Waals surface area contributed by atoms with Crippen molar-refractivity contribution in [1.29, 1.82) is 0 Å². The first kappa shape index (κ1) is 12.8. The van der Waals surface area contributed by atoms with Crippen LogP contribution in [0.25, 0.3) is 0 Å². The molecular weight excluding hydrogens is 212 g/mol. The predicted octanol–water partition coefficient (Wildman–Crippen LogP) is 0.758. The Morgan fingerprint density at radius 2 is 1.75 bits per heavy atom. The Kier molecular flexibility index (Phi) is 6.70.